The van der Waals surface area contributed by atoms with Crippen LogP contribution in [-0.4, -0.2) is 35.3 Å². The zero-order chi connectivity index (χ0) is 14.9. The predicted molar refractivity (Wildman–Crippen MR) is 79.1 cm³/mol. The van der Waals surface area contributed by atoms with Crippen molar-refractivity contribution in [2.24, 2.45) is 17.8 Å². The van der Waals surface area contributed by atoms with Gasteiger partial charge < -0.3 is 10.2 Å². The molecule has 1 aliphatic heterocycles. The van der Waals surface area contributed by atoms with Crippen molar-refractivity contribution in [2.45, 2.75) is 65.5 Å². The molecule has 114 valence electrons. The maximum absolute atomic E-state index is 12.8. The topological polar surface area (TPSA) is 49.4 Å². The van der Waals surface area contributed by atoms with E-state index < -0.39 is 0 Å². The van der Waals surface area contributed by atoms with E-state index in [0.29, 0.717) is 30.8 Å². The number of rotatable bonds is 2. The van der Waals surface area contributed by atoms with E-state index in [1.54, 1.807) is 0 Å². The molecule has 1 heterocycles. The molecule has 2 rings (SSSR count). The monoisotopic (exact) mass is 280 g/mol. The number of nitrogens with zero attached hydrogens (tertiary/aromatic N) is 1. The quantitative estimate of drug-likeness (QED) is 0.843. The Bertz CT molecular complexity index is 371. The summed E-state index contributed by atoms with van der Waals surface area (Å²) in [5.41, 5.74) is 0. The van der Waals surface area contributed by atoms with E-state index >= 15 is 0 Å². The number of amides is 2. The van der Waals surface area contributed by atoms with Crippen LogP contribution >= 0.6 is 0 Å². The lowest BCUT2D eigenvalue weighted by Crippen LogP contribution is -2.52. The molecule has 1 saturated heterocycles. The third kappa shape index (κ3) is 3.33. The van der Waals surface area contributed by atoms with Crippen LogP contribution in [0, 0.1) is 17.8 Å². The van der Waals surface area contributed by atoms with Crippen molar-refractivity contribution in [3.05, 3.63) is 0 Å². The Labute approximate surface area is 122 Å². The Morgan fingerprint density at radius 3 is 2.25 bits per heavy atom. The maximum Gasteiger partial charge on any atom is 0.245 e. The van der Waals surface area contributed by atoms with Gasteiger partial charge in [-0.1, -0.05) is 27.7 Å². The van der Waals surface area contributed by atoms with Crippen molar-refractivity contribution < 1.29 is 9.59 Å². The average Bonchev–Trinajstić information content (AvgIpc) is 2.48. The van der Waals surface area contributed by atoms with Gasteiger partial charge >= 0.3 is 0 Å². The summed E-state index contributed by atoms with van der Waals surface area (Å²) in [5.74, 6) is 1.61. The Balaban J connectivity index is 2.16. The molecule has 3 atom stereocenters. The van der Waals surface area contributed by atoms with E-state index in [1.165, 1.54) is 6.42 Å². The standard InChI is InChI=1S/C16H28N2O2/c1-10(2)15-16(20)18(6-5-14(19)17-15)13-8-11(3)7-12(4)9-13/h10-13,15H,5-9H2,1-4H3,(H,17,19). The van der Waals surface area contributed by atoms with Crippen LogP contribution in [-0.2, 0) is 9.59 Å². The first kappa shape index (κ1) is 15.3. The Kier molecular flexibility index (Phi) is 4.71. The lowest BCUT2D eigenvalue weighted by Gasteiger charge is -2.40. The van der Waals surface area contributed by atoms with E-state index in [-0.39, 0.29) is 23.8 Å². The van der Waals surface area contributed by atoms with Gasteiger partial charge in [0.05, 0.1) is 0 Å². The molecular weight excluding hydrogens is 252 g/mol. The maximum atomic E-state index is 12.8. The number of carbonyl (C=O) groups is 2. The van der Waals surface area contributed by atoms with Crippen LogP contribution in [0.5, 0.6) is 0 Å². The minimum Gasteiger partial charge on any atom is -0.344 e. The van der Waals surface area contributed by atoms with E-state index in [2.05, 4.69) is 19.2 Å². The molecule has 0 aromatic heterocycles. The van der Waals surface area contributed by atoms with Gasteiger partial charge in [0.2, 0.25) is 11.8 Å². The first-order chi connectivity index (χ1) is 9.38. The molecule has 4 heteroatoms. The van der Waals surface area contributed by atoms with Crippen LogP contribution < -0.4 is 5.32 Å². The van der Waals surface area contributed by atoms with E-state index in [9.17, 15) is 9.59 Å². The summed E-state index contributed by atoms with van der Waals surface area (Å²) in [5, 5.41) is 2.89. The third-order valence-corrected chi connectivity index (χ3v) is 4.71. The Morgan fingerprint density at radius 1 is 1.10 bits per heavy atom. The summed E-state index contributed by atoms with van der Waals surface area (Å²) in [6.45, 7) is 9.12. The smallest absolute Gasteiger partial charge is 0.245 e. The van der Waals surface area contributed by atoms with Gasteiger partial charge in [-0.05, 0) is 37.0 Å². The molecule has 1 aliphatic carbocycles. The fraction of sp³-hybridized carbons (Fsp3) is 0.875. The SMILES string of the molecule is CC1CC(C)CC(N2CCC(=O)NC(C(C)C)C2=O)C1. The molecule has 2 fully saturated rings. The second-order valence-electron chi connectivity index (χ2n) is 7.14. The van der Waals surface area contributed by atoms with Crippen LogP contribution in [0.3, 0.4) is 0 Å². The van der Waals surface area contributed by atoms with Crippen molar-refractivity contribution in [1.29, 1.82) is 0 Å². The summed E-state index contributed by atoms with van der Waals surface area (Å²) in [6, 6.07) is -0.0345. The van der Waals surface area contributed by atoms with Gasteiger partial charge in [0.1, 0.15) is 6.04 Å². The zero-order valence-corrected chi connectivity index (χ0v) is 13.2. The highest BCUT2D eigenvalue weighted by Gasteiger charge is 2.37. The van der Waals surface area contributed by atoms with Crippen LogP contribution in [0.1, 0.15) is 53.4 Å². The fourth-order valence-electron chi connectivity index (χ4n) is 3.79. The van der Waals surface area contributed by atoms with Crippen molar-refractivity contribution in [3.8, 4) is 0 Å². The normalized spacial score (nSPS) is 36.0. The number of nitrogens with one attached hydrogen (secondary N) is 1. The van der Waals surface area contributed by atoms with Gasteiger partial charge in [0.15, 0.2) is 0 Å². The molecule has 3 unspecified atom stereocenters. The predicted octanol–water partition coefficient (Wildman–Crippen LogP) is 2.18. The molecule has 4 nitrogen and oxygen atoms in total. The second-order valence-corrected chi connectivity index (χ2v) is 7.14. The minimum absolute atomic E-state index is 0.0106. The Morgan fingerprint density at radius 2 is 1.70 bits per heavy atom. The summed E-state index contributed by atoms with van der Waals surface area (Å²) >= 11 is 0. The highest BCUT2D eigenvalue weighted by Crippen LogP contribution is 2.32. The van der Waals surface area contributed by atoms with Gasteiger partial charge in [-0.2, -0.15) is 0 Å². The molecule has 0 spiro atoms. The van der Waals surface area contributed by atoms with Crippen LogP contribution in [0.15, 0.2) is 0 Å². The largest absolute Gasteiger partial charge is 0.344 e. The molecule has 0 radical (unpaired) electrons. The lowest BCUT2D eigenvalue weighted by atomic mass is 9.79. The summed E-state index contributed by atoms with van der Waals surface area (Å²) in [7, 11) is 0. The first-order valence-corrected chi connectivity index (χ1v) is 7.98. The molecular formula is C16H28N2O2. The number of hydrogen-bond donors (Lipinski definition) is 1. The van der Waals surface area contributed by atoms with E-state index in [4.69, 9.17) is 0 Å². The Hall–Kier alpha value is -1.06. The lowest BCUT2D eigenvalue weighted by molar-refractivity contribution is -0.137. The fourth-order valence-corrected chi connectivity index (χ4v) is 3.79. The average molecular weight is 280 g/mol. The van der Waals surface area contributed by atoms with Crippen LogP contribution in [0.25, 0.3) is 0 Å². The zero-order valence-electron chi connectivity index (χ0n) is 13.2. The molecule has 0 aromatic carbocycles. The van der Waals surface area contributed by atoms with Crippen molar-refractivity contribution >= 4 is 11.8 Å². The molecule has 2 amide bonds. The van der Waals surface area contributed by atoms with E-state index in [1.807, 2.05) is 18.7 Å². The molecule has 2 aliphatic rings. The number of hydrogen-bond acceptors (Lipinski definition) is 2. The minimum atomic E-state index is -0.350. The van der Waals surface area contributed by atoms with Gasteiger partial charge in [0.25, 0.3) is 0 Å². The highest BCUT2D eigenvalue weighted by atomic mass is 16.2. The summed E-state index contributed by atoms with van der Waals surface area (Å²) < 4.78 is 0. The van der Waals surface area contributed by atoms with Crippen LogP contribution in [0.4, 0.5) is 0 Å². The molecule has 0 bridgehead atoms. The van der Waals surface area contributed by atoms with Gasteiger partial charge in [-0.3, -0.25) is 9.59 Å². The van der Waals surface area contributed by atoms with E-state index in [0.717, 1.165) is 12.8 Å². The second kappa shape index (κ2) is 6.15. The van der Waals surface area contributed by atoms with Crippen LogP contribution in [0.2, 0.25) is 0 Å². The highest BCUT2D eigenvalue weighted by molar-refractivity contribution is 5.90. The van der Waals surface area contributed by atoms with Crippen molar-refractivity contribution in [1.82, 2.24) is 10.2 Å². The first-order valence-electron chi connectivity index (χ1n) is 7.98. The summed E-state index contributed by atoms with van der Waals surface area (Å²) in [4.78, 5) is 26.6. The molecule has 1 saturated carbocycles. The molecule has 20 heavy (non-hydrogen) atoms. The molecule has 1 N–H and O–H groups in total. The van der Waals surface area contributed by atoms with Crippen molar-refractivity contribution in [2.75, 3.05) is 6.54 Å². The molecule has 0 aromatic rings. The van der Waals surface area contributed by atoms with Gasteiger partial charge in [-0.15, -0.1) is 0 Å². The number of carbonyl (C=O) groups excluding carboxylic acids is 2. The van der Waals surface area contributed by atoms with Crippen molar-refractivity contribution in [3.63, 3.8) is 0 Å². The van der Waals surface area contributed by atoms with Gasteiger partial charge in [0, 0.05) is 19.0 Å². The van der Waals surface area contributed by atoms with Gasteiger partial charge in [-0.25, -0.2) is 0 Å². The summed E-state index contributed by atoms with van der Waals surface area (Å²) in [6.07, 6.45) is 3.85. The third-order valence-electron chi connectivity index (χ3n) is 4.71.